The van der Waals surface area contributed by atoms with Crippen LogP contribution in [0.1, 0.15) is 6.23 Å². The number of alkyl halides is 2. The largest absolute Gasteiger partial charge is 0.490 e. The Morgan fingerprint density at radius 3 is 2.28 bits per heavy atom. The molecule has 1 heterocycles. The highest BCUT2D eigenvalue weighted by molar-refractivity contribution is 7.66. The van der Waals surface area contributed by atoms with Gasteiger partial charge in [-0.25, -0.2) is 27.3 Å². The van der Waals surface area contributed by atoms with Gasteiger partial charge in [0.05, 0.1) is 6.61 Å². The van der Waals surface area contributed by atoms with Crippen molar-refractivity contribution in [3.8, 4) is 0 Å². The monoisotopic (exact) mass is 531 g/mol. The number of hydrogen-bond donors (Lipinski definition) is 6. The number of anilines is 1. The molecular weight excluding hydrogens is 513 g/mol. The van der Waals surface area contributed by atoms with E-state index in [1.807, 2.05) is 0 Å². The van der Waals surface area contributed by atoms with Gasteiger partial charge < -0.3 is 35.2 Å². The molecule has 0 spiro atoms. The van der Waals surface area contributed by atoms with Gasteiger partial charge in [-0.15, -0.1) is 0 Å². The zero-order valence-electron chi connectivity index (χ0n) is 15.6. The standard InChI is InChI=1S/C11H18F2N3O13P3/c1-2-11(9(13)17,27-8(5-12)16-4-3-7(14)15-10(16)18)6-26-31(22,23)29-32(24,25)28-30(19,20)21/h2-4,8-9,17H,1,5-6H2,(H,22,23)(H,24,25)(H2,14,15,18)(H2,19,20,21)/t8-,9-,11-/m1/s1. The van der Waals surface area contributed by atoms with Crippen LogP contribution in [0.4, 0.5) is 14.6 Å². The minimum atomic E-state index is -5.89. The van der Waals surface area contributed by atoms with Gasteiger partial charge in [0, 0.05) is 6.20 Å². The van der Waals surface area contributed by atoms with Crippen LogP contribution in [-0.2, 0) is 31.6 Å². The van der Waals surface area contributed by atoms with E-state index in [9.17, 15) is 37.3 Å². The summed E-state index contributed by atoms with van der Waals surface area (Å²) in [6.45, 7) is -0.00133. The fourth-order valence-electron chi connectivity index (χ4n) is 1.91. The van der Waals surface area contributed by atoms with Crippen LogP contribution in [0.3, 0.4) is 0 Å². The first-order valence-electron chi connectivity index (χ1n) is 7.78. The number of hydrogen-bond acceptors (Lipinski definition) is 11. The number of nitrogens with two attached hydrogens (primary N) is 1. The average Bonchev–Trinajstić information content (AvgIpc) is 2.59. The molecule has 0 aromatic carbocycles. The maximum absolute atomic E-state index is 13.9. The Bertz CT molecular complexity index is 1020. The van der Waals surface area contributed by atoms with Crippen molar-refractivity contribution in [3.63, 3.8) is 0 Å². The molecule has 0 bridgehead atoms. The third kappa shape index (κ3) is 8.51. The molecule has 0 aliphatic rings. The van der Waals surface area contributed by atoms with Crippen molar-refractivity contribution in [3.05, 3.63) is 35.4 Å². The predicted octanol–water partition coefficient (Wildman–Crippen LogP) is -0.134. The Morgan fingerprint density at radius 2 is 1.84 bits per heavy atom. The summed E-state index contributed by atoms with van der Waals surface area (Å²) in [4.78, 5) is 50.6. The van der Waals surface area contributed by atoms with E-state index < -0.39 is 60.6 Å². The number of phosphoric ester groups is 1. The fraction of sp³-hybridized carbons (Fsp3) is 0.455. The summed E-state index contributed by atoms with van der Waals surface area (Å²) in [5.41, 5.74) is 1.24. The van der Waals surface area contributed by atoms with Crippen molar-refractivity contribution in [2.24, 2.45) is 0 Å². The number of nitrogen functional groups attached to an aromatic ring is 1. The highest BCUT2D eigenvalue weighted by Gasteiger charge is 2.46. The summed E-state index contributed by atoms with van der Waals surface area (Å²) in [6, 6.07) is 1.04. The van der Waals surface area contributed by atoms with Gasteiger partial charge in [-0.3, -0.25) is 9.09 Å². The maximum atomic E-state index is 13.9. The third-order valence-corrected chi connectivity index (χ3v) is 7.05. The number of halogens is 2. The lowest BCUT2D eigenvalue weighted by atomic mass is 10.1. The van der Waals surface area contributed by atoms with E-state index in [0.29, 0.717) is 10.6 Å². The molecule has 2 unspecified atom stereocenters. The Kier molecular flexibility index (Phi) is 9.57. The quantitative estimate of drug-likeness (QED) is 0.143. The molecule has 5 atom stereocenters. The molecule has 0 saturated carbocycles. The summed E-state index contributed by atoms with van der Waals surface area (Å²) >= 11 is 0. The molecule has 1 rings (SSSR count). The topological polar surface area (TPSA) is 250 Å². The molecule has 0 fully saturated rings. The minimum Gasteiger partial charge on any atom is -0.383 e. The van der Waals surface area contributed by atoms with Gasteiger partial charge in [-0.2, -0.15) is 13.6 Å². The van der Waals surface area contributed by atoms with Gasteiger partial charge in [0.1, 0.15) is 12.5 Å². The number of aromatic nitrogens is 2. The number of aliphatic hydroxyl groups excluding tert-OH is 1. The Balaban J connectivity index is 3.13. The smallest absolute Gasteiger partial charge is 0.383 e. The molecule has 0 amide bonds. The van der Waals surface area contributed by atoms with Crippen LogP contribution in [0.2, 0.25) is 0 Å². The van der Waals surface area contributed by atoms with Gasteiger partial charge in [-0.1, -0.05) is 12.7 Å². The van der Waals surface area contributed by atoms with Gasteiger partial charge in [0.2, 0.25) is 6.36 Å². The molecular formula is C11H18F2N3O13P3. The van der Waals surface area contributed by atoms with Crippen LogP contribution in [0.25, 0.3) is 0 Å². The van der Waals surface area contributed by atoms with Gasteiger partial charge >= 0.3 is 29.2 Å². The van der Waals surface area contributed by atoms with Crippen molar-refractivity contribution in [1.82, 2.24) is 9.55 Å². The SMILES string of the molecule is C=C[C@](COP(=O)(O)OP(=O)(O)OP(=O)(O)O)(O[C@H](CF)n1ccc(N)nc1=O)[C@@H](O)F. The molecule has 0 radical (unpaired) electrons. The normalized spacial score (nSPS) is 19.8. The lowest BCUT2D eigenvalue weighted by Gasteiger charge is -2.34. The molecule has 184 valence electrons. The second-order valence-corrected chi connectivity index (χ2v) is 10.0. The molecule has 0 aliphatic heterocycles. The van der Waals surface area contributed by atoms with Crippen LogP contribution in [0.15, 0.2) is 29.7 Å². The zero-order chi connectivity index (χ0) is 25.0. The number of rotatable bonds is 13. The molecule has 0 saturated heterocycles. The minimum absolute atomic E-state index is 0.253. The van der Waals surface area contributed by atoms with E-state index in [1.54, 1.807) is 0 Å². The highest BCUT2D eigenvalue weighted by atomic mass is 31.3. The van der Waals surface area contributed by atoms with Crippen molar-refractivity contribution in [1.29, 1.82) is 0 Å². The summed E-state index contributed by atoms with van der Waals surface area (Å²) in [5, 5.41) is 9.42. The van der Waals surface area contributed by atoms with Gasteiger partial charge in [-0.05, 0) is 6.07 Å². The van der Waals surface area contributed by atoms with Gasteiger partial charge in [0.25, 0.3) is 0 Å². The highest BCUT2D eigenvalue weighted by Crippen LogP contribution is 2.66. The van der Waals surface area contributed by atoms with Crippen LogP contribution in [-0.4, -0.2) is 59.5 Å². The van der Waals surface area contributed by atoms with Crippen LogP contribution in [0, 0.1) is 0 Å². The lowest BCUT2D eigenvalue weighted by Crippen LogP contribution is -2.48. The van der Waals surface area contributed by atoms with Gasteiger partial charge in [0.15, 0.2) is 11.8 Å². The van der Waals surface area contributed by atoms with Crippen molar-refractivity contribution in [2.45, 2.75) is 18.2 Å². The predicted molar refractivity (Wildman–Crippen MR) is 98.9 cm³/mol. The van der Waals surface area contributed by atoms with Crippen LogP contribution in [0.5, 0.6) is 0 Å². The maximum Gasteiger partial charge on any atom is 0.490 e. The van der Waals surface area contributed by atoms with Crippen LogP contribution < -0.4 is 11.4 Å². The Hall–Kier alpha value is -1.39. The summed E-state index contributed by atoms with van der Waals surface area (Å²) in [5.74, 6) is -0.253. The van der Waals surface area contributed by atoms with Crippen molar-refractivity contribution in [2.75, 3.05) is 19.0 Å². The Morgan fingerprint density at radius 1 is 1.25 bits per heavy atom. The van der Waals surface area contributed by atoms with E-state index in [0.717, 1.165) is 12.3 Å². The molecule has 16 nitrogen and oxygen atoms in total. The van der Waals surface area contributed by atoms with E-state index >= 15 is 0 Å². The van der Waals surface area contributed by atoms with E-state index in [2.05, 4.69) is 24.7 Å². The fourth-order valence-corrected chi connectivity index (χ4v) is 4.97. The summed E-state index contributed by atoms with van der Waals surface area (Å²) in [6.07, 6.45) is -3.82. The van der Waals surface area contributed by atoms with E-state index in [4.69, 9.17) is 25.2 Å². The molecule has 1 aromatic rings. The molecule has 1 aromatic heterocycles. The second-order valence-electron chi connectivity index (χ2n) is 5.63. The molecule has 0 aliphatic carbocycles. The first kappa shape index (κ1) is 28.6. The van der Waals surface area contributed by atoms with Crippen molar-refractivity contribution < 1.29 is 65.0 Å². The summed E-state index contributed by atoms with van der Waals surface area (Å²) < 4.78 is 77.7. The third-order valence-electron chi connectivity index (χ3n) is 3.27. The Labute approximate surface area is 177 Å². The first-order chi connectivity index (χ1) is 14.5. The molecule has 21 heteroatoms. The van der Waals surface area contributed by atoms with Crippen molar-refractivity contribution >= 4 is 29.3 Å². The number of phosphoric acid groups is 3. The number of ether oxygens (including phenoxy) is 1. The van der Waals surface area contributed by atoms with E-state index in [1.165, 1.54) is 0 Å². The number of aliphatic hydroxyl groups is 1. The zero-order valence-corrected chi connectivity index (χ0v) is 18.3. The average molecular weight is 531 g/mol. The van der Waals surface area contributed by atoms with E-state index in [-0.39, 0.29) is 5.82 Å². The molecule has 32 heavy (non-hydrogen) atoms. The van der Waals surface area contributed by atoms with Crippen LogP contribution >= 0.6 is 23.5 Å². The lowest BCUT2D eigenvalue weighted by molar-refractivity contribution is -0.206. The number of nitrogens with zero attached hydrogens (tertiary/aromatic N) is 2. The summed E-state index contributed by atoms with van der Waals surface area (Å²) in [7, 11) is -17.3. The first-order valence-corrected chi connectivity index (χ1v) is 12.3. The second kappa shape index (κ2) is 10.7. The molecule has 7 N–H and O–H groups in total.